The quantitative estimate of drug-likeness (QED) is 0.0902. The Bertz CT molecular complexity index is 741. The van der Waals surface area contributed by atoms with Crippen LogP contribution in [-0.4, -0.2) is 160 Å². The van der Waals surface area contributed by atoms with Gasteiger partial charge in [-0.1, -0.05) is 6.92 Å². The van der Waals surface area contributed by atoms with Gasteiger partial charge in [0.1, 0.15) is 18.3 Å². The first-order valence-corrected chi connectivity index (χ1v) is 14.2. The molecule has 3 fully saturated rings. The van der Waals surface area contributed by atoms with Crippen molar-refractivity contribution in [1.29, 1.82) is 0 Å². The molecule has 0 spiro atoms. The second-order valence-electron chi connectivity index (χ2n) is 11.3. The fourth-order valence-corrected chi connectivity index (χ4v) is 6.05. The van der Waals surface area contributed by atoms with Gasteiger partial charge in [0.25, 0.3) is 0 Å². The molecule has 15 nitrogen and oxygen atoms in total. The summed E-state index contributed by atoms with van der Waals surface area (Å²) in [6, 6.07) is -2.79. The predicted molar refractivity (Wildman–Crippen MR) is 141 cm³/mol. The number of hydrogen-bond donors (Lipinski definition) is 12. The summed E-state index contributed by atoms with van der Waals surface area (Å²) in [5, 5.41) is 87.3. The van der Waals surface area contributed by atoms with Crippen molar-refractivity contribution in [1.82, 2.24) is 10.6 Å². The van der Waals surface area contributed by atoms with Crippen LogP contribution >= 0.6 is 0 Å². The number of aliphatic hydroxyl groups is 8. The standard InChI is InChI=1S/C25H50N4O11/c1-11-20(27)24(38-17(21(11)36)7-28-3-2-4-30)19-13(26)5-14(29-12(8-31)9-32)23(22(19)37)40-25-16(35)6-15(34)18(10-33)39-25/h11-25,28-37H,2-10,26-27H2,1H3. The molecule has 14 N–H and O–H groups in total. The first-order chi connectivity index (χ1) is 19.1. The first kappa shape index (κ1) is 33.9. The SMILES string of the molecule is CC1C(N)C(C2C(N)CC(NC(CO)CO)C(OC3OC(CO)C(O)CC3O)C2O)OC(CNCCCO)C1O. The molecule has 40 heavy (non-hydrogen) atoms. The minimum atomic E-state index is -1.32. The second kappa shape index (κ2) is 15.7. The second-order valence-corrected chi connectivity index (χ2v) is 11.3. The third kappa shape index (κ3) is 7.86. The van der Waals surface area contributed by atoms with Gasteiger partial charge in [-0.05, 0) is 19.4 Å². The van der Waals surface area contributed by atoms with Gasteiger partial charge in [0.2, 0.25) is 0 Å². The Morgan fingerprint density at radius 1 is 0.925 bits per heavy atom. The van der Waals surface area contributed by atoms with Gasteiger partial charge in [0, 0.05) is 49.5 Å². The fourth-order valence-electron chi connectivity index (χ4n) is 6.05. The lowest BCUT2D eigenvalue weighted by atomic mass is 9.70. The van der Waals surface area contributed by atoms with Gasteiger partial charge in [-0.25, -0.2) is 0 Å². The molecule has 3 aliphatic rings. The van der Waals surface area contributed by atoms with Crippen LogP contribution in [-0.2, 0) is 14.2 Å². The van der Waals surface area contributed by atoms with Crippen LogP contribution in [0.1, 0.15) is 26.2 Å². The normalized spacial score (nSPS) is 44.7. The molecule has 0 aromatic rings. The number of nitrogens with one attached hydrogen (secondary N) is 2. The molecule has 0 aromatic carbocycles. The molecule has 2 aliphatic heterocycles. The van der Waals surface area contributed by atoms with Gasteiger partial charge >= 0.3 is 0 Å². The smallest absolute Gasteiger partial charge is 0.184 e. The van der Waals surface area contributed by atoms with E-state index in [1.807, 2.05) is 0 Å². The molecule has 236 valence electrons. The predicted octanol–water partition coefficient (Wildman–Crippen LogP) is -5.72. The summed E-state index contributed by atoms with van der Waals surface area (Å²) >= 11 is 0. The summed E-state index contributed by atoms with van der Waals surface area (Å²) < 4.78 is 18.0. The highest BCUT2D eigenvalue weighted by atomic mass is 16.7. The molecule has 1 saturated carbocycles. The lowest BCUT2D eigenvalue weighted by Crippen LogP contribution is -2.70. The minimum Gasteiger partial charge on any atom is -0.396 e. The Labute approximate surface area is 234 Å². The summed E-state index contributed by atoms with van der Waals surface area (Å²) in [4.78, 5) is 0. The topological polar surface area (TPSA) is 266 Å². The molecule has 2 heterocycles. The van der Waals surface area contributed by atoms with E-state index in [9.17, 15) is 35.7 Å². The van der Waals surface area contributed by atoms with E-state index in [1.54, 1.807) is 6.92 Å². The van der Waals surface area contributed by atoms with E-state index in [2.05, 4.69) is 10.6 Å². The molecule has 2 saturated heterocycles. The van der Waals surface area contributed by atoms with E-state index in [0.29, 0.717) is 19.5 Å². The van der Waals surface area contributed by atoms with Crippen molar-refractivity contribution in [2.45, 2.75) is 105 Å². The van der Waals surface area contributed by atoms with Crippen molar-refractivity contribution >= 4 is 0 Å². The highest BCUT2D eigenvalue weighted by Gasteiger charge is 2.54. The Kier molecular flexibility index (Phi) is 13.3. The average Bonchev–Trinajstić information content (AvgIpc) is 2.93. The minimum absolute atomic E-state index is 0.0233. The van der Waals surface area contributed by atoms with Crippen LogP contribution in [0.2, 0.25) is 0 Å². The lowest BCUT2D eigenvalue weighted by Gasteiger charge is -2.52. The van der Waals surface area contributed by atoms with E-state index < -0.39 is 111 Å². The van der Waals surface area contributed by atoms with Crippen molar-refractivity contribution < 1.29 is 55.1 Å². The summed E-state index contributed by atoms with van der Waals surface area (Å²) in [5.41, 5.74) is 13.1. The number of rotatable bonds is 13. The number of aliphatic hydroxyl groups excluding tert-OH is 8. The fraction of sp³-hybridized carbons (Fsp3) is 1.00. The van der Waals surface area contributed by atoms with Crippen molar-refractivity contribution in [2.75, 3.05) is 39.5 Å². The van der Waals surface area contributed by atoms with Gasteiger partial charge in [-0.15, -0.1) is 0 Å². The lowest BCUT2D eigenvalue weighted by molar-refractivity contribution is -0.303. The highest BCUT2D eigenvalue weighted by molar-refractivity contribution is 5.07. The zero-order valence-electron chi connectivity index (χ0n) is 23.0. The van der Waals surface area contributed by atoms with Crippen molar-refractivity contribution in [3.05, 3.63) is 0 Å². The number of nitrogens with two attached hydrogens (primary N) is 2. The van der Waals surface area contributed by atoms with Crippen LogP contribution in [0.15, 0.2) is 0 Å². The third-order valence-corrected chi connectivity index (χ3v) is 8.52. The van der Waals surface area contributed by atoms with Crippen LogP contribution in [0, 0.1) is 11.8 Å². The van der Waals surface area contributed by atoms with Crippen molar-refractivity contribution in [3.8, 4) is 0 Å². The van der Waals surface area contributed by atoms with Gasteiger partial charge < -0.3 is 77.2 Å². The summed E-state index contributed by atoms with van der Waals surface area (Å²) in [5.74, 6) is -1.17. The molecule has 0 radical (unpaired) electrons. The monoisotopic (exact) mass is 582 g/mol. The highest BCUT2D eigenvalue weighted by Crippen LogP contribution is 2.38. The average molecular weight is 583 g/mol. The summed E-state index contributed by atoms with van der Waals surface area (Å²) in [6.07, 6.45) is -8.77. The van der Waals surface area contributed by atoms with Crippen molar-refractivity contribution in [3.63, 3.8) is 0 Å². The third-order valence-electron chi connectivity index (χ3n) is 8.52. The maximum atomic E-state index is 11.7. The molecule has 14 unspecified atom stereocenters. The Morgan fingerprint density at radius 2 is 1.62 bits per heavy atom. The Balaban J connectivity index is 1.84. The maximum absolute atomic E-state index is 11.7. The van der Waals surface area contributed by atoms with Crippen LogP contribution in [0.5, 0.6) is 0 Å². The van der Waals surface area contributed by atoms with E-state index in [0.717, 1.165) is 0 Å². The van der Waals surface area contributed by atoms with Crippen LogP contribution in [0.3, 0.4) is 0 Å². The molecule has 1 aliphatic carbocycles. The molecule has 0 amide bonds. The van der Waals surface area contributed by atoms with Crippen LogP contribution < -0.4 is 22.1 Å². The summed E-state index contributed by atoms with van der Waals surface area (Å²) in [6.45, 7) is 1.33. The van der Waals surface area contributed by atoms with E-state index >= 15 is 0 Å². The molecule has 0 aromatic heterocycles. The molecular weight excluding hydrogens is 532 g/mol. The molecular formula is C25H50N4O11. The molecule has 3 rings (SSSR count). The van der Waals surface area contributed by atoms with Gasteiger partial charge in [0.15, 0.2) is 6.29 Å². The number of hydrogen-bond acceptors (Lipinski definition) is 15. The van der Waals surface area contributed by atoms with Gasteiger partial charge in [-0.3, -0.25) is 0 Å². The van der Waals surface area contributed by atoms with Gasteiger partial charge in [0.05, 0.1) is 56.4 Å². The molecule has 15 heteroatoms. The Hall–Kier alpha value is -0.600. The van der Waals surface area contributed by atoms with Crippen molar-refractivity contribution in [2.24, 2.45) is 23.3 Å². The molecule has 0 bridgehead atoms. The Morgan fingerprint density at radius 3 is 2.25 bits per heavy atom. The zero-order valence-corrected chi connectivity index (χ0v) is 23.0. The van der Waals surface area contributed by atoms with Crippen LogP contribution in [0.4, 0.5) is 0 Å². The van der Waals surface area contributed by atoms with Gasteiger partial charge in [-0.2, -0.15) is 0 Å². The summed E-state index contributed by atoms with van der Waals surface area (Å²) in [7, 11) is 0. The van der Waals surface area contributed by atoms with Crippen LogP contribution in [0.25, 0.3) is 0 Å². The van der Waals surface area contributed by atoms with E-state index in [1.165, 1.54) is 0 Å². The maximum Gasteiger partial charge on any atom is 0.184 e. The number of ether oxygens (including phenoxy) is 3. The first-order valence-electron chi connectivity index (χ1n) is 14.2. The van der Waals surface area contributed by atoms with E-state index in [4.69, 9.17) is 30.8 Å². The van der Waals surface area contributed by atoms with E-state index in [-0.39, 0.29) is 19.4 Å². The largest absolute Gasteiger partial charge is 0.396 e. The zero-order chi connectivity index (χ0) is 29.6. The molecule has 14 atom stereocenters.